The van der Waals surface area contributed by atoms with Crippen LogP contribution in [0.5, 0.6) is 0 Å². The first-order valence-electron chi connectivity index (χ1n) is 5.23. The molecule has 2 rings (SSSR count). The van der Waals surface area contributed by atoms with Gasteiger partial charge in [-0.05, 0) is 19.0 Å². The van der Waals surface area contributed by atoms with Crippen LogP contribution in [0, 0.1) is 0 Å². The van der Waals surface area contributed by atoms with Gasteiger partial charge in [0, 0.05) is 25.7 Å². The van der Waals surface area contributed by atoms with Crippen molar-refractivity contribution in [2.75, 3.05) is 26.7 Å². The highest BCUT2D eigenvalue weighted by Gasteiger charge is 2.17. The first-order chi connectivity index (χ1) is 6.84. The topological polar surface area (TPSA) is 17.3 Å². The molecular weight excluding hydrogens is 172 g/mol. The molecule has 0 amide bonds. The second-order valence-corrected chi connectivity index (χ2v) is 4.01. The van der Waals surface area contributed by atoms with E-state index in [1.807, 2.05) is 0 Å². The smallest absolute Gasteiger partial charge is 0.0414 e. The molecule has 1 heterocycles. The van der Waals surface area contributed by atoms with Crippen LogP contribution in [0.15, 0.2) is 30.3 Å². The van der Waals surface area contributed by atoms with E-state index in [1.165, 1.54) is 5.56 Å². The van der Waals surface area contributed by atoms with Crippen molar-refractivity contribution in [2.24, 2.45) is 0 Å². The zero-order valence-electron chi connectivity index (χ0n) is 8.69. The minimum atomic E-state index is 0.496. The van der Waals surface area contributed by atoms with Crippen molar-refractivity contribution in [1.29, 1.82) is 0 Å². The van der Waals surface area contributed by atoms with Crippen LogP contribution in [-0.2, 0) is 6.42 Å². The Hall–Kier alpha value is -0.860. The number of hydrogen-bond donors (Lipinski definition) is 0. The van der Waals surface area contributed by atoms with Crippen LogP contribution in [-0.4, -0.2) is 37.6 Å². The van der Waals surface area contributed by atoms with E-state index in [0.29, 0.717) is 6.04 Å². The van der Waals surface area contributed by atoms with Crippen molar-refractivity contribution in [2.45, 2.75) is 12.5 Å². The summed E-state index contributed by atoms with van der Waals surface area (Å²) < 4.78 is 0. The van der Waals surface area contributed by atoms with E-state index in [2.05, 4.69) is 47.6 Å². The van der Waals surface area contributed by atoms with Gasteiger partial charge in [0.2, 0.25) is 0 Å². The van der Waals surface area contributed by atoms with Gasteiger partial charge >= 0.3 is 0 Å². The van der Waals surface area contributed by atoms with E-state index in [0.717, 1.165) is 26.1 Å². The largest absolute Gasteiger partial charge is 0.303 e. The molecule has 1 saturated heterocycles. The van der Waals surface area contributed by atoms with Gasteiger partial charge < -0.3 is 4.90 Å². The molecule has 1 atom stereocenters. The Morgan fingerprint density at radius 2 is 2.14 bits per heavy atom. The normalized spacial score (nSPS) is 23.6. The molecule has 14 heavy (non-hydrogen) atoms. The monoisotopic (exact) mass is 189 g/mol. The van der Waals surface area contributed by atoms with Gasteiger partial charge in [-0.3, -0.25) is 0 Å². The van der Waals surface area contributed by atoms with Crippen molar-refractivity contribution in [3.05, 3.63) is 35.9 Å². The molecule has 0 aromatic heterocycles. The molecule has 1 fully saturated rings. The average Bonchev–Trinajstić information content (AvgIpc) is 2.19. The number of likely N-dealkylation sites (N-methyl/N-ethyl adjacent to an activating group) is 1. The van der Waals surface area contributed by atoms with Gasteiger partial charge in [0.15, 0.2) is 0 Å². The highest BCUT2D eigenvalue weighted by atomic mass is 15.2. The highest BCUT2D eigenvalue weighted by Crippen LogP contribution is 2.07. The van der Waals surface area contributed by atoms with E-state index in [9.17, 15) is 0 Å². The van der Waals surface area contributed by atoms with Gasteiger partial charge in [-0.25, -0.2) is 5.32 Å². The van der Waals surface area contributed by atoms with Gasteiger partial charge in [0.25, 0.3) is 0 Å². The van der Waals surface area contributed by atoms with Gasteiger partial charge in [0.05, 0.1) is 0 Å². The van der Waals surface area contributed by atoms with Crippen molar-refractivity contribution < 1.29 is 0 Å². The van der Waals surface area contributed by atoms with Crippen molar-refractivity contribution in [3.63, 3.8) is 0 Å². The zero-order chi connectivity index (χ0) is 9.80. The third-order valence-electron chi connectivity index (χ3n) is 2.71. The van der Waals surface area contributed by atoms with Crippen LogP contribution >= 0.6 is 0 Å². The van der Waals surface area contributed by atoms with E-state index < -0.39 is 0 Å². The molecular formula is C12H17N2. The third-order valence-corrected chi connectivity index (χ3v) is 2.71. The summed E-state index contributed by atoms with van der Waals surface area (Å²) in [6, 6.07) is 11.1. The van der Waals surface area contributed by atoms with Crippen molar-refractivity contribution >= 4 is 0 Å². The third kappa shape index (κ3) is 2.56. The molecule has 1 radical (unpaired) electrons. The summed E-state index contributed by atoms with van der Waals surface area (Å²) in [5, 5.41) is 4.63. The molecule has 1 aromatic carbocycles. The number of rotatable bonds is 2. The first kappa shape index (κ1) is 9.69. The van der Waals surface area contributed by atoms with Gasteiger partial charge in [-0.1, -0.05) is 30.3 Å². The average molecular weight is 189 g/mol. The quantitative estimate of drug-likeness (QED) is 0.682. The van der Waals surface area contributed by atoms with Crippen molar-refractivity contribution in [1.82, 2.24) is 10.2 Å². The van der Waals surface area contributed by atoms with Crippen LogP contribution in [0.4, 0.5) is 0 Å². The standard InChI is InChI=1S/C12H17N2/c1-14-8-7-13-12(10-14)9-11-5-3-2-4-6-11/h2-6,12H,7-10H2,1H3. The van der Waals surface area contributed by atoms with Crippen molar-refractivity contribution in [3.8, 4) is 0 Å². The van der Waals surface area contributed by atoms with Crippen LogP contribution in [0.3, 0.4) is 0 Å². The molecule has 1 aliphatic rings. The fraction of sp³-hybridized carbons (Fsp3) is 0.500. The van der Waals surface area contributed by atoms with Crippen LogP contribution in [0.1, 0.15) is 5.56 Å². The number of piperazine rings is 1. The Kier molecular flexibility index (Phi) is 3.17. The zero-order valence-corrected chi connectivity index (χ0v) is 8.69. The summed E-state index contributed by atoms with van der Waals surface area (Å²) in [6.45, 7) is 3.22. The number of benzene rings is 1. The van der Waals surface area contributed by atoms with Crippen LogP contribution in [0.2, 0.25) is 0 Å². The molecule has 0 spiro atoms. The molecule has 1 aromatic rings. The number of nitrogens with zero attached hydrogens (tertiary/aromatic N) is 2. The first-order valence-corrected chi connectivity index (χ1v) is 5.23. The Morgan fingerprint density at radius 3 is 2.86 bits per heavy atom. The lowest BCUT2D eigenvalue weighted by atomic mass is 10.0. The van der Waals surface area contributed by atoms with E-state index in [4.69, 9.17) is 0 Å². The predicted molar refractivity (Wildman–Crippen MR) is 58.4 cm³/mol. The van der Waals surface area contributed by atoms with Crippen LogP contribution in [0.25, 0.3) is 0 Å². The second-order valence-electron chi connectivity index (χ2n) is 4.01. The minimum Gasteiger partial charge on any atom is -0.303 e. The summed E-state index contributed by atoms with van der Waals surface area (Å²) in [5.41, 5.74) is 1.40. The molecule has 0 bridgehead atoms. The molecule has 2 nitrogen and oxygen atoms in total. The van der Waals surface area contributed by atoms with E-state index in [1.54, 1.807) is 0 Å². The Balaban J connectivity index is 1.91. The Morgan fingerprint density at radius 1 is 1.36 bits per heavy atom. The summed E-state index contributed by atoms with van der Waals surface area (Å²) >= 11 is 0. The lowest BCUT2D eigenvalue weighted by Gasteiger charge is -2.29. The highest BCUT2D eigenvalue weighted by molar-refractivity contribution is 5.16. The maximum absolute atomic E-state index is 4.63. The lowest BCUT2D eigenvalue weighted by molar-refractivity contribution is 0.234. The fourth-order valence-corrected chi connectivity index (χ4v) is 1.94. The molecule has 0 N–H and O–H groups in total. The minimum absolute atomic E-state index is 0.496. The maximum Gasteiger partial charge on any atom is 0.0414 e. The summed E-state index contributed by atoms with van der Waals surface area (Å²) in [5.74, 6) is 0. The molecule has 0 saturated carbocycles. The molecule has 1 unspecified atom stereocenters. The maximum atomic E-state index is 4.63. The lowest BCUT2D eigenvalue weighted by Crippen LogP contribution is -2.46. The SMILES string of the molecule is CN1CC[N]C(Cc2ccccc2)C1. The van der Waals surface area contributed by atoms with Gasteiger partial charge in [0.1, 0.15) is 0 Å². The summed E-state index contributed by atoms with van der Waals surface area (Å²) in [4.78, 5) is 2.36. The molecule has 2 heteroatoms. The molecule has 0 aliphatic carbocycles. The number of hydrogen-bond acceptors (Lipinski definition) is 1. The predicted octanol–water partition coefficient (Wildman–Crippen LogP) is 1.15. The van der Waals surface area contributed by atoms with Gasteiger partial charge in [-0.15, -0.1) is 0 Å². The van der Waals surface area contributed by atoms with E-state index >= 15 is 0 Å². The molecule has 75 valence electrons. The Labute approximate surface area is 85.9 Å². The fourth-order valence-electron chi connectivity index (χ4n) is 1.94. The van der Waals surface area contributed by atoms with E-state index in [-0.39, 0.29) is 0 Å². The second kappa shape index (κ2) is 4.58. The molecule has 1 aliphatic heterocycles. The summed E-state index contributed by atoms with van der Waals surface area (Å²) in [6.07, 6.45) is 1.09. The Bertz CT molecular complexity index is 271. The van der Waals surface area contributed by atoms with Gasteiger partial charge in [-0.2, -0.15) is 0 Å². The van der Waals surface area contributed by atoms with Crippen LogP contribution < -0.4 is 5.32 Å². The summed E-state index contributed by atoms with van der Waals surface area (Å²) in [7, 11) is 2.17.